The third-order valence-corrected chi connectivity index (χ3v) is 5.51. The van der Waals surface area contributed by atoms with E-state index in [2.05, 4.69) is 4.90 Å². The zero-order valence-corrected chi connectivity index (χ0v) is 17.6. The van der Waals surface area contributed by atoms with Crippen LogP contribution in [0.4, 0.5) is 0 Å². The third-order valence-electron chi connectivity index (χ3n) is 5.51. The number of rotatable bonds is 8. The van der Waals surface area contributed by atoms with Crippen molar-refractivity contribution in [2.24, 2.45) is 5.92 Å². The molecule has 3 rings (SSSR count). The Labute approximate surface area is 173 Å². The number of aliphatic hydroxyl groups is 1. The molecular weight excluding hydrogens is 366 g/mol. The molecule has 5 heteroatoms. The Hall–Kier alpha value is -2.37. The summed E-state index contributed by atoms with van der Waals surface area (Å²) in [5, 5.41) is 8.84. The Bertz CT molecular complexity index is 808. The van der Waals surface area contributed by atoms with E-state index in [0.29, 0.717) is 6.61 Å². The molecule has 1 heterocycles. The highest BCUT2D eigenvalue weighted by Crippen LogP contribution is 2.28. The second-order valence-electron chi connectivity index (χ2n) is 7.80. The van der Waals surface area contributed by atoms with Gasteiger partial charge < -0.3 is 14.6 Å². The van der Waals surface area contributed by atoms with Gasteiger partial charge in [0, 0.05) is 24.6 Å². The zero-order chi connectivity index (χ0) is 20.8. The number of hydrogen-bond donors (Lipinski definition) is 1. The lowest BCUT2D eigenvalue weighted by Gasteiger charge is -2.32. The van der Waals surface area contributed by atoms with Gasteiger partial charge in [0.15, 0.2) is 5.78 Å². The van der Waals surface area contributed by atoms with E-state index < -0.39 is 0 Å². The van der Waals surface area contributed by atoms with Crippen LogP contribution in [0.25, 0.3) is 0 Å². The quantitative estimate of drug-likeness (QED) is 0.687. The molecule has 2 aromatic carbocycles. The number of nitrogens with zero attached hydrogens (tertiary/aromatic N) is 1. The van der Waals surface area contributed by atoms with Crippen molar-refractivity contribution in [2.45, 2.75) is 33.2 Å². The van der Waals surface area contributed by atoms with Crippen molar-refractivity contribution in [1.82, 2.24) is 4.90 Å². The number of carbonyl (C=O) groups excluding carboxylic acids is 1. The molecule has 29 heavy (non-hydrogen) atoms. The first-order valence-corrected chi connectivity index (χ1v) is 10.3. The second kappa shape index (κ2) is 9.90. The average Bonchev–Trinajstić information content (AvgIpc) is 2.72. The van der Waals surface area contributed by atoms with Gasteiger partial charge in [-0.1, -0.05) is 12.1 Å². The van der Waals surface area contributed by atoms with Crippen molar-refractivity contribution < 1.29 is 19.4 Å². The van der Waals surface area contributed by atoms with Crippen LogP contribution in [0.3, 0.4) is 0 Å². The Morgan fingerprint density at radius 2 is 1.86 bits per heavy atom. The van der Waals surface area contributed by atoms with Gasteiger partial charge in [0.05, 0.1) is 13.7 Å². The predicted octanol–water partition coefficient (Wildman–Crippen LogP) is 3.78. The van der Waals surface area contributed by atoms with Crippen LogP contribution in [0.2, 0.25) is 0 Å². The van der Waals surface area contributed by atoms with Crippen LogP contribution in [0.1, 0.15) is 39.9 Å². The van der Waals surface area contributed by atoms with Gasteiger partial charge in [-0.05, 0) is 74.2 Å². The highest BCUT2D eigenvalue weighted by atomic mass is 16.5. The molecule has 0 radical (unpaired) electrons. The first kappa shape index (κ1) is 21.3. The fourth-order valence-corrected chi connectivity index (χ4v) is 4.18. The molecule has 1 aliphatic heterocycles. The van der Waals surface area contributed by atoms with Crippen LogP contribution >= 0.6 is 0 Å². The topological polar surface area (TPSA) is 59.0 Å². The van der Waals surface area contributed by atoms with Gasteiger partial charge in [0.25, 0.3) is 0 Å². The minimum atomic E-state index is 0.0121. The molecule has 1 fully saturated rings. The highest BCUT2D eigenvalue weighted by molar-refractivity contribution is 5.98. The highest BCUT2D eigenvalue weighted by Gasteiger charge is 2.27. The minimum absolute atomic E-state index is 0.0121. The summed E-state index contributed by atoms with van der Waals surface area (Å²) < 4.78 is 10.8. The fraction of sp³-hybridized carbons (Fsp3) is 0.458. The van der Waals surface area contributed by atoms with E-state index in [4.69, 9.17) is 14.6 Å². The Morgan fingerprint density at radius 3 is 2.48 bits per heavy atom. The molecule has 5 nitrogen and oxygen atoms in total. The van der Waals surface area contributed by atoms with Crippen LogP contribution in [0, 0.1) is 19.8 Å². The largest absolute Gasteiger partial charge is 0.496 e. The molecule has 0 bridgehead atoms. The first-order valence-electron chi connectivity index (χ1n) is 10.3. The molecule has 0 aromatic heterocycles. The van der Waals surface area contributed by atoms with Crippen molar-refractivity contribution >= 4 is 5.78 Å². The minimum Gasteiger partial charge on any atom is -0.496 e. The number of methoxy groups -OCH3 is 1. The number of aryl methyl sites for hydroxylation is 2. The molecular formula is C24H31NO4. The molecule has 2 aromatic rings. The van der Waals surface area contributed by atoms with Gasteiger partial charge in [0.1, 0.15) is 18.1 Å². The number of piperidine rings is 1. The van der Waals surface area contributed by atoms with Gasteiger partial charge in [-0.2, -0.15) is 0 Å². The lowest BCUT2D eigenvalue weighted by atomic mass is 9.88. The summed E-state index contributed by atoms with van der Waals surface area (Å²) in [6.45, 7) is 6.91. The monoisotopic (exact) mass is 397 g/mol. The molecule has 1 saturated heterocycles. The van der Waals surface area contributed by atoms with Crippen molar-refractivity contribution in [3.05, 3.63) is 58.7 Å². The number of Topliss-reactive ketones (excluding diaryl/α,β-unsaturated/α-hetero) is 1. The van der Waals surface area contributed by atoms with Crippen molar-refractivity contribution in [2.75, 3.05) is 33.4 Å². The van der Waals surface area contributed by atoms with Crippen LogP contribution in [-0.4, -0.2) is 49.2 Å². The molecule has 0 aliphatic carbocycles. The summed E-state index contributed by atoms with van der Waals surface area (Å²) in [4.78, 5) is 15.5. The van der Waals surface area contributed by atoms with Gasteiger partial charge >= 0.3 is 0 Å². The molecule has 0 spiro atoms. The van der Waals surface area contributed by atoms with Gasteiger partial charge in [0.2, 0.25) is 0 Å². The Balaban J connectivity index is 1.63. The molecule has 1 aliphatic rings. The summed E-state index contributed by atoms with van der Waals surface area (Å²) in [5.74, 6) is 1.89. The van der Waals surface area contributed by atoms with Gasteiger partial charge in [-0.25, -0.2) is 0 Å². The van der Waals surface area contributed by atoms with Crippen LogP contribution in [0.15, 0.2) is 36.4 Å². The van der Waals surface area contributed by atoms with E-state index in [1.165, 1.54) is 5.56 Å². The lowest BCUT2D eigenvalue weighted by molar-refractivity contribution is 0.0811. The third kappa shape index (κ3) is 5.37. The molecule has 0 saturated carbocycles. The summed E-state index contributed by atoms with van der Waals surface area (Å²) >= 11 is 0. The van der Waals surface area contributed by atoms with Gasteiger partial charge in [-0.15, -0.1) is 0 Å². The molecule has 1 N–H and O–H groups in total. The summed E-state index contributed by atoms with van der Waals surface area (Å²) in [7, 11) is 1.67. The summed E-state index contributed by atoms with van der Waals surface area (Å²) in [6.07, 6.45) is 1.97. The van der Waals surface area contributed by atoms with E-state index >= 15 is 0 Å². The number of carbonyl (C=O) groups is 1. The van der Waals surface area contributed by atoms with E-state index in [1.54, 1.807) is 7.11 Å². The smallest absolute Gasteiger partial charge is 0.167 e. The van der Waals surface area contributed by atoms with Crippen LogP contribution in [-0.2, 0) is 6.54 Å². The van der Waals surface area contributed by atoms with E-state index in [9.17, 15) is 4.79 Å². The Kier molecular flexibility index (Phi) is 7.29. The maximum Gasteiger partial charge on any atom is 0.167 e. The van der Waals surface area contributed by atoms with E-state index in [1.807, 2.05) is 50.2 Å². The second-order valence-corrected chi connectivity index (χ2v) is 7.80. The maximum absolute atomic E-state index is 13.1. The number of ketones is 1. The first-order chi connectivity index (χ1) is 14.0. The summed E-state index contributed by atoms with van der Waals surface area (Å²) in [5.41, 5.74) is 4.00. The van der Waals surface area contributed by atoms with E-state index in [-0.39, 0.29) is 18.3 Å². The molecule has 1 atom stereocenters. The number of hydrogen-bond acceptors (Lipinski definition) is 5. The standard InChI is InChI=1S/C24H31NO4/c1-17-13-21(14-18(2)24(17)28-3)23(27)20-5-4-10-25(16-20)15-19-6-8-22(9-7-19)29-12-11-26/h6-9,13-14,20,26H,4-5,10-12,15-16H2,1-3H3/t20-/m1/s1. The SMILES string of the molecule is COc1c(C)cc(C(=O)[C@@H]2CCCN(Cc3ccc(OCCO)cc3)C2)cc1C. The number of benzene rings is 2. The van der Waals surface area contributed by atoms with E-state index in [0.717, 1.165) is 60.7 Å². The molecule has 0 unspecified atom stereocenters. The maximum atomic E-state index is 13.1. The van der Waals surface area contributed by atoms with Crippen LogP contribution in [0.5, 0.6) is 11.5 Å². The lowest BCUT2D eigenvalue weighted by Crippen LogP contribution is -2.38. The van der Waals surface area contributed by atoms with Crippen molar-refractivity contribution in [1.29, 1.82) is 0 Å². The fourth-order valence-electron chi connectivity index (χ4n) is 4.18. The number of ether oxygens (including phenoxy) is 2. The zero-order valence-electron chi connectivity index (χ0n) is 17.6. The molecule has 156 valence electrons. The summed E-state index contributed by atoms with van der Waals surface area (Å²) in [6, 6.07) is 11.9. The van der Waals surface area contributed by atoms with Gasteiger partial charge in [-0.3, -0.25) is 9.69 Å². The van der Waals surface area contributed by atoms with Crippen molar-refractivity contribution in [3.8, 4) is 11.5 Å². The number of aliphatic hydroxyl groups excluding tert-OH is 1. The normalized spacial score (nSPS) is 17.2. The number of likely N-dealkylation sites (tertiary alicyclic amines) is 1. The average molecular weight is 398 g/mol. The van der Waals surface area contributed by atoms with Crippen molar-refractivity contribution in [3.63, 3.8) is 0 Å². The van der Waals surface area contributed by atoms with Crippen LogP contribution < -0.4 is 9.47 Å². The molecule has 0 amide bonds. The predicted molar refractivity (Wildman–Crippen MR) is 114 cm³/mol. The Morgan fingerprint density at radius 1 is 1.17 bits per heavy atom.